The Bertz CT molecular complexity index is 128. The van der Waals surface area contributed by atoms with Crippen LogP contribution >= 0.6 is 0 Å². The first kappa shape index (κ1) is 13.9. The van der Waals surface area contributed by atoms with Crippen molar-refractivity contribution in [1.29, 1.82) is 0 Å². The summed E-state index contributed by atoms with van der Waals surface area (Å²) >= 11 is 0. The van der Waals surface area contributed by atoms with E-state index in [-0.39, 0.29) is 6.10 Å². The zero-order valence-corrected chi connectivity index (χ0v) is 10.2. The van der Waals surface area contributed by atoms with E-state index >= 15 is 0 Å². The molecule has 0 saturated carbocycles. The molecular weight excluding hydrogens is 178 g/mol. The third-order valence-electron chi connectivity index (χ3n) is 2.27. The predicted octanol–water partition coefficient (Wildman–Crippen LogP) is 1.67. The first-order valence-corrected chi connectivity index (χ1v) is 5.45. The first-order chi connectivity index (χ1) is 6.61. The maximum atomic E-state index is 5.45. The lowest BCUT2D eigenvalue weighted by molar-refractivity contribution is 0.0663. The van der Waals surface area contributed by atoms with Crippen molar-refractivity contribution in [2.45, 2.75) is 39.8 Å². The van der Waals surface area contributed by atoms with Crippen LogP contribution in [0.15, 0.2) is 0 Å². The Hall–Kier alpha value is -0.120. The van der Waals surface area contributed by atoms with E-state index in [1.54, 1.807) is 7.11 Å². The van der Waals surface area contributed by atoms with E-state index < -0.39 is 0 Å². The molecule has 2 atom stereocenters. The highest BCUT2D eigenvalue weighted by Crippen LogP contribution is 2.02. The van der Waals surface area contributed by atoms with Crippen molar-refractivity contribution in [3.8, 4) is 0 Å². The Kier molecular flexibility index (Phi) is 8.14. The van der Waals surface area contributed by atoms with Gasteiger partial charge in [0.25, 0.3) is 0 Å². The SMILES string of the molecule is CCOC(C)CNC(COC)C(C)C. The smallest absolute Gasteiger partial charge is 0.0671 e. The number of ether oxygens (including phenoxy) is 2. The molecule has 0 aromatic rings. The number of methoxy groups -OCH3 is 1. The fourth-order valence-corrected chi connectivity index (χ4v) is 1.33. The second-order valence-electron chi connectivity index (χ2n) is 3.98. The molecule has 14 heavy (non-hydrogen) atoms. The zero-order chi connectivity index (χ0) is 11.0. The minimum Gasteiger partial charge on any atom is -0.383 e. The zero-order valence-electron chi connectivity index (χ0n) is 10.2. The van der Waals surface area contributed by atoms with Gasteiger partial charge >= 0.3 is 0 Å². The Labute approximate surface area is 88.2 Å². The van der Waals surface area contributed by atoms with Crippen LogP contribution in [0.25, 0.3) is 0 Å². The summed E-state index contributed by atoms with van der Waals surface area (Å²) in [4.78, 5) is 0. The van der Waals surface area contributed by atoms with Gasteiger partial charge in [-0.2, -0.15) is 0 Å². The Morgan fingerprint density at radius 1 is 1.21 bits per heavy atom. The second kappa shape index (κ2) is 8.21. The molecule has 2 unspecified atom stereocenters. The molecule has 3 heteroatoms. The van der Waals surface area contributed by atoms with Gasteiger partial charge in [-0.25, -0.2) is 0 Å². The quantitative estimate of drug-likeness (QED) is 0.651. The molecule has 0 bridgehead atoms. The molecule has 0 aromatic carbocycles. The van der Waals surface area contributed by atoms with Crippen molar-refractivity contribution in [2.24, 2.45) is 5.92 Å². The summed E-state index contributed by atoms with van der Waals surface area (Å²) in [5.41, 5.74) is 0. The highest BCUT2D eigenvalue weighted by molar-refractivity contribution is 4.71. The lowest BCUT2D eigenvalue weighted by atomic mass is 10.1. The summed E-state index contributed by atoms with van der Waals surface area (Å²) in [5, 5.41) is 3.45. The van der Waals surface area contributed by atoms with E-state index in [9.17, 15) is 0 Å². The number of hydrogen-bond donors (Lipinski definition) is 1. The van der Waals surface area contributed by atoms with Crippen LogP contribution in [0.4, 0.5) is 0 Å². The summed E-state index contributed by atoms with van der Waals surface area (Å²) in [6.45, 7) is 10.9. The summed E-state index contributed by atoms with van der Waals surface area (Å²) in [6, 6.07) is 0.419. The fraction of sp³-hybridized carbons (Fsp3) is 1.00. The van der Waals surface area contributed by atoms with E-state index in [2.05, 4.69) is 26.1 Å². The van der Waals surface area contributed by atoms with E-state index in [0.29, 0.717) is 12.0 Å². The van der Waals surface area contributed by atoms with Crippen LogP contribution in [0, 0.1) is 5.92 Å². The van der Waals surface area contributed by atoms with Gasteiger partial charge in [0.15, 0.2) is 0 Å². The minimum absolute atomic E-state index is 0.276. The molecule has 86 valence electrons. The van der Waals surface area contributed by atoms with Crippen LogP contribution in [0.3, 0.4) is 0 Å². The number of nitrogens with one attached hydrogen (secondary N) is 1. The highest BCUT2D eigenvalue weighted by atomic mass is 16.5. The van der Waals surface area contributed by atoms with Gasteiger partial charge in [0.2, 0.25) is 0 Å². The molecule has 0 fully saturated rings. The minimum atomic E-state index is 0.276. The maximum Gasteiger partial charge on any atom is 0.0671 e. The molecule has 3 nitrogen and oxygen atoms in total. The fourth-order valence-electron chi connectivity index (χ4n) is 1.33. The Morgan fingerprint density at radius 2 is 1.86 bits per heavy atom. The van der Waals surface area contributed by atoms with Crippen molar-refractivity contribution in [2.75, 3.05) is 26.9 Å². The third kappa shape index (κ3) is 6.35. The van der Waals surface area contributed by atoms with Gasteiger partial charge in [-0.1, -0.05) is 13.8 Å². The van der Waals surface area contributed by atoms with E-state index in [0.717, 1.165) is 19.8 Å². The molecule has 0 amide bonds. The van der Waals surface area contributed by atoms with Crippen LogP contribution in [0.5, 0.6) is 0 Å². The molecule has 0 heterocycles. The van der Waals surface area contributed by atoms with Crippen LogP contribution in [-0.2, 0) is 9.47 Å². The average molecular weight is 203 g/mol. The summed E-state index contributed by atoms with van der Waals surface area (Å²) in [6.07, 6.45) is 0.276. The van der Waals surface area contributed by atoms with E-state index in [4.69, 9.17) is 9.47 Å². The molecule has 0 radical (unpaired) electrons. The van der Waals surface area contributed by atoms with Gasteiger partial charge in [-0.3, -0.25) is 0 Å². The monoisotopic (exact) mass is 203 g/mol. The maximum absolute atomic E-state index is 5.45. The molecule has 0 spiro atoms. The largest absolute Gasteiger partial charge is 0.383 e. The van der Waals surface area contributed by atoms with Crippen molar-refractivity contribution in [1.82, 2.24) is 5.32 Å². The van der Waals surface area contributed by atoms with Crippen LogP contribution in [0.2, 0.25) is 0 Å². The molecule has 0 aliphatic carbocycles. The molecule has 0 rings (SSSR count). The second-order valence-corrected chi connectivity index (χ2v) is 3.98. The highest BCUT2D eigenvalue weighted by Gasteiger charge is 2.13. The van der Waals surface area contributed by atoms with Crippen molar-refractivity contribution < 1.29 is 9.47 Å². The lowest BCUT2D eigenvalue weighted by Crippen LogP contribution is -2.41. The summed E-state index contributed by atoms with van der Waals surface area (Å²) < 4.78 is 10.6. The molecule has 0 aliphatic rings. The van der Waals surface area contributed by atoms with Gasteiger partial charge < -0.3 is 14.8 Å². The summed E-state index contributed by atoms with van der Waals surface area (Å²) in [7, 11) is 1.74. The molecular formula is C11H25NO2. The topological polar surface area (TPSA) is 30.5 Å². The van der Waals surface area contributed by atoms with Gasteiger partial charge in [0.05, 0.1) is 12.7 Å². The number of rotatable bonds is 8. The van der Waals surface area contributed by atoms with Crippen LogP contribution in [0.1, 0.15) is 27.7 Å². The van der Waals surface area contributed by atoms with Crippen molar-refractivity contribution in [3.05, 3.63) is 0 Å². The van der Waals surface area contributed by atoms with Crippen LogP contribution < -0.4 is 5.32 Å². The average Bonchev–Trinajstić information content (AvgIpc) is 2.12. The van der Waals surface area contributed by atoms with Gasteiger partial charge in [-0.15, -0.1) is 0 Å². The van der Waals surface area contributed by atoms with Crippen molar-refractivity contribution in [3.63, 3.8) is 0 Å². The molecule has 0 aliphatic heterocycles. The Balaban J connectivity index is 3.69. The third-order valence-corrected chi connectivity index (χ3v) is 2.27. The van der Waals surface area contributed by atoms with E-state index in [1.807, 2.05) is 6.92 Å². The molecule has 0 saturated heterocycles. The standard InChI is InChI=1S/C11H25NO2/c1-6-14-10(4)7-12-11(8-13-5)9(2)3/h9-12H,6-8H2,1-5H3. The molecule has 0 aromatic heterocycles. The summed E-state index contributed by atoms with van der Waals surface area (Å²) in [5.74, 6) is 0.587. The molecule has 1 N–H and O–H groups in total. The Morgan fingerprint density at radius 3 is 2.29 bits per heavy atom. The normalized spacial score (nSPS) is 15.9. The lowest BCUT2D eigenvalue weighted by Gasteiger charge is -2.23. The number of hydrogen-bond acceptors (Lipinski definition) is 3. The van der Waals surface area contributed by atoms with Crippen LogP contribution in [-0.4, -0.2) is 39.0 Å². The van der Waals surface area contributed by atoms with Gasteiger partial charge in [0.1, 0.15) is 0 Å². The first-order valence-electron chi connectivity index (χ1n) is 5.45. The predicted molar refractivity (Wildman–Crippen MR) is 59.6 cm³/mol. The van der Waals surface area contributed by atoms with Crippen molar-refractivity contribution >= 4 is 0 Å². The van der Waals surface area contributed by atoms with Gasteiger partial charge in [0, 0.05) is 26.3 Å². The van der Waals surface area contributed by atoms with E-state index in [1.165, 1.54) is 0 Å². The van der Waals surface area contributed by atoms with Gasteiger partial charge in [-0.05, 0) is 19.8 Å².